The van der Waals surface area contributed by atoms with Gasteiger partial charge in [0, 0.05) is 0 Å². The van der Waals surface area contributed by atoms with E-state index in [2.05, 4.69) is 10.3 Å². The average Bonchev–Trinajstić information content (AvgIpc) is 2.65. The molecule has 13 heavy (non-hydrogen) atoms. The Morgan fingerprint density at radius 2 is 2.69 bits per heavy atom. The number of hydrogen-bond donors (Lipinski definition) is 1. The van der Waals surface area contributed by atoms with Gasteiger partial charge >= 0.3 is 0 Å². The highest BCUT2D eigenvalue weighted by Gasteiger charge is 2.10. The quantitative estimate of drug-likeness (QED) is 0.730. The fourth-order valence-electron chi connectivity index (χ4n) is 0.714. The van der Waals surface area contributed by atoms with Crippen molar-refractivity contribution in [2.24, 2.45) is 5.92 Å². The number of oxazole rings is 1. The summed E-state index contributed by atoms with van der Waals surface area (Å²) in [6, 6.07) is 1.84. The lowest BCUT2D eigenvalue weighted by molar-refractivity contribution is -0.123. The van der Waals surface area contributed by atoms with Gasteiger partial charge in [-0.1, -0.05) is 0 Å². The van der Waals surface area contributed by atoms with Crippen LogP contribution in [-0.2, 0) is 11.3 Å². The second-order valence-electron chi connectivity index (χ2n) is 2.55. The van der Waals surface area contributed by atoms with E-state index < -0.39 is 5.92 Å². The highest BCUT2D eigenvalue weighted by molar-refractivity contribution is 5.80. The second kappa shape index (κ2) is 4.26. The zero-order valence-electron chi connectivity index (χ0n) is 7.15. The molecule has 0 aliphatic heterocycles. The van der Waals surface area contributed by atoms with Crippen LogP contribution in [0.15, 0.2) is 17.1 Å². The van der Waals surface area contributed by atoms with Crippen molar-refractivity contribution in [1.29, 1.82) is 5.26 Å². The molecule has 0 aromatic carbocycles. The molecule has 1 amide bonds. The number of hydrogen-bond acceptors (Lipinski definition) is 4. The van der Waals surface area contributed by atoms with Crippen LogP contribution in [0.25, 0.3) is 0 Å². The normalized spacial score (nSPS) is 11.7. The van der Waals surface area contributed by atoms with Gasteiger partial charge in [0.05, 0.1) is 18.3 Å². The predicted octanol–water partition coefficient (Wildman–Crippen LogP) is 0.450. The lowest BCUT2D eigenvalue weighted by atomic mass is 10.2. The number of carbonyl (C=O) groups excluding carboxylic acids is 1. The standard InChI is InChI=1S/C8H9N3O2/c1-6(2-9)8(12)10-3-7-4-13-5-11-7/h4-6H,3H2,1H3,(H,10,12). The molecule has 1 aromatic heterocycles. The number of nitriles is 1. The molecule has 1 unspecified atom stereocenters. The molecule has 68 valence electrons. The molecule has 5 nitrogen and oxygen atoms in total. The van der Waals surface area contributed by atoms with Gasteiger partial charge in [-0.2, -0.15) is 5.26 Å². The molecule has 5 heteroatoms. The van der Waals surface area contributed by atoms with Crippen LogP contribution in [0.4, 0.5) is 0 Å². The van der Waals surface area contributed by atoms with Crippen LogP contribution in [0.3, 0.4) is 0 Å². The first-order chi connectivity index (χ1) is 6.24. The first kappa shape index (κ1) is 9.26. The van der Waals surface area contributed by atoms with Gasteiger partial charge in [-0.3, -0.25) is 4.79 Å². The number of nitrogens with zero attached hydrogens (tertiary/aromatic N) is 2. The van der Waals surface area contributed by atoms with Crippen molar-refractivity contribution in [3.63, 3.8) is 0 Å². The lowest BCUT2D eigenvalue weighted by Crippen LogP contribution is -2.27. The van der Waals surface area contributed by atoms with Gasteiger partial charge in [0.25, 0.3) is 0 Å². The van der Waals surface area contributed by atoms with Crippen molar-refractivity contribution in [2.75, 3.05) is 0 Å². The third kappa shape index (κ3) is 2.60. The minimum atomic E-state index is -0.632. The minimum Gasteiger partial charge on any atom is -0.451 e. The summed E-state index contributed by atoms with van der Waals surface area (Å²) in [5, 5.41) is 11.0. The fourth-order valence-corrected chi connectivity index (χ4v) is 0.714. The van der Waals surface area contributed by atoms with E-state index in [-0.39, 0.29) is 5.91 Å². The number of amides is 1. The van der Waals surface area contributed by atoms with Crippen LogP contribution in [0, 0.1) is 17.2 Å². The average molecular weight is 179 g/mol. The maximum Gasteiger partial charge on any atom is 0.237 e. The van der Waals surface area contributed by atoms with Gasteiger partial charge in [0.2, 0.25) is 5.91 Å². The first-order valence-electron chi connectivity index (χ1n) is 3.78. The molecule has 0 saturated heterocycles. The molecule has 1 atom stereocenters. The molecule has 1 rings (SSSR count). The van der Waals surface area contributed by atoms with Gasteiger partial charge in [0.1, 0.15) is 12.2 Å². The van der Waals surface area contributed by atoms with E-state index >= 15 is 0 Å². The Hall–Kier alpha value is -1.83. The SMILES string of the molecule is CC(C#N)C(=O)NCc1cocn1. The molecular weight excluding hydrogens is 170 g/mol. The van der Waals surface area contributed by atoms with Crippen LogP contribution < -0.4 is 5.32 Å². The van der Waals surface area contributed by atoms with Crippen molar-refractivity contribution in [2.45, 2.75) is 13.5 Å². The maximum atomic E-state index is 11.1. The molecule has 1 N–H and O–H groups in total. The van der Waals surface area contributed by atoms with Gasteiger partial charge < -0.3 is 9.73 Å². The van der Waals surface area contributed by atoms with Crippen LogP contribution in [0.2, 0.25) is 0 Å². The van der Waals surface area contributed by atoms with E-state index in [1.165, 1.54) is 19.6 Å². The van der Waals surface area contributed by atoms with Crippen molar-refractivity contribution in [1.82, 2.24) is 10.3 Å². The number of carbonyl (C=O) groups is 1. The molecule has 0 spiro atoms. The molecule has 0 radical (unpaired) electrons. The highest BCUT2D eigenvalue weighted by Crippen LogP contribution is 1.95. The highest BCUT2D eigenvalue weighted by atomic mass is 16.3. The molecule has 0 saturated carbocycles. The Morgan fingerprint density at radius 3 is 3.23 bits per heavy atom. The number of rotatable bonds is 3. The van der Waals surface area contributed by atoms with Crippen LogP contribution >= 0.6 is 0 Å². The maximum absolute atomic E-state index is 11.1. The summed E-state index contributed by atoms with van der Waals surface area (Å²) in [6.07, 6.45) is 2.73. The summed E-state index contributed by atoms with van der Waals surface area (Å²) in [5.41, 5.74) is 0.637. The first-order valence-corrected chi connectivity index (χ1v) is 3.78. The van der Waals surface area contributed by atoms with Crippen LogP contribution in [0.5, 0.6) is 0 Å². The Bertz CT molecular complexity index is 313. The van der Waals surface area contributed by atoms with E-state index in [1.54, 1.807) is 0 Å². The van der Waals surface area contributed by atoms with Crippen molar-refractivity contribution < 1.29 is 9.21 Å². The van der Waals surface area contributed by atoms with E-state index in [0.29, 0.717) is 12.2 Å². The summed E-state index contributed by atoms with van der Waals surface area (Å²) in [7, 11) is 0. The van der Waals surface area contributed by atoms with Gasteiger partial charge in [0.15, 0.2) is 6.39 Å². The van der Waals surface area contributed by atoms with Crippen LogP contribution in [0.1, 0.15) is 12.6 Å². The third-order valence-corrected chi connectivity index (χ3v) is 1.51. The van der Waals surface area contributed by atoms with Crippen molar-refractivity contribution >= 4 is 5.91 Å². The molecule has 0 bridgehead atoms. The monoisotopic (exact) mass is 179 g/mol. The Balaban J connectivity index is 2.36. The fraction of sp³-hybridized carbons (Fsp3) is 0.375. The van der Waals surface area contributed by atoms with Crippen molar-refractivity contribution in [3.05, 3.63) is 18.4 Å². The second-order valence-corrected chi connectivity index (χ2v) is 2.55. The topological polar surface area (TPSA) is 78.9 Å². The minimum absolute atomic E-state index is 0.293. The summed E-state index contributed by atoms with van der Waals surface area (Å²) < 4.78 is 4.71. The number of nitrogens with one attached hydrogen (secondary N) is 1. The Morgan fingerprint density at radius 1 is 1.92 bits per heavy atom. The van der Waals surface area contributed by atoms with E-state index in [0.717, 1.165) is 0 Å². The van der Waals surface area contributed by atoms with Gasteiger partial charge in [-0.15, -0.1) is 0 Å². The van der Waals surface area contributed by atoms with Gasteiger partial charge in [-0.25, -0.2) is 4.98 Å². The summed E-state index contributed by atoms with van der Waals surface area (Å²) in [5.74, 6) is -0.933. The molecule has 0 aliphatic rings. The Labute approximate surface area is 75.4 Å². The van der Waals surface area contributed by atoms with E-state index in [1.807, 2.05) is 6.07 Å². The van der Waals surface area contributed by atoms with E-state index in [4.69, 9.17) is 9.68 Å². The lowest BCUT2D eigenvalue weighted by Gasteiger charge is -2.02. The summed E-state index contributed by atoms with van der Waals surface area (Å²) in [6.45, 7) is 1.83. The van der Waals surface area contributed by atoms with Crippen molar-refractivity contribution in [3.8, 4) is 6.07 Å². The molecule has 0 aliphatic carbocycles. The molecule has 1 heterocycles. The van der Waals surface area contributed by atoms with E-state index in [9.17, 15) is 4.79 Å². The predicted molar refractivity (Wildman–Crippen MR) is 43.1 cm³/mol. The van der Waals surface area contributed by atoms with Crippen LogP contribution in [-0.4, -0.2) is 10.9 Å². The zero-order chi connectivity index (χ0) is 9.68. The Kier molecular flexibility index (Phi) is 3.03. The molecular formula is C8H9N3O2. The molecule has 1 aromatic rings. The third-order valence-electron chi connectivity index (χ3n) is 1.51. The smallest absolute Gasteiger partial charge is 0.237 e. The summed E-state index contributed by atoms with van der Waals surface area (Å²) >= 11 is 0. The number of aromatic nitrogens is 1. The largest absolute Gasteiger partial charge is 0.451 e. The summed E-state index contributed by atoms with van der Waals surface area (Å²) in [4.78, 5) is 14.9. The van der Waals surface area contributed by atoms with Gasteiger partial charge in [-0.05, 0) is 6.92 Å². The zero-order valence-corrected chi connectivity index (χ0v) is 7.15. The molecule has 0 fully saturated rings.